The summed E-state index contributed by atoms with van der Waals surface area (Å²) in [5.41, 5.74) is 4.50. The van der Waals surface area contributed by atoms with Crippen molar-refractivity contribution in [3.05, 3.63) is 89.0 Å². The Morgan fingerprint density at radius 3 is 2.64 bits per heavy atom. The first-order valence-corrected chi connectivity index (χ1v) is 9.23. The monoisotopic (exact) mass is 378 g/mol. The summed E-state index contributed by atoms with van der Waals surface area (Å²) >= 11 is 0. The summed E-state index contributed by atoms with van der Waals surface area (Å²) in [5.74, 6) is -0.967. The molecule has 3 aromatic rings. The van der Waals surface area contributed by atoms with Crippen molar-refractivity contribution in [3.8, 4) is 11.1 Å². The molecule has 0 bridgehead atoms. The topological polar surface area (TPSA) is 62.2 Å². The molecule has 0 spiro atoms. The van der Waals surface area contributed by atoms with Crippen LogP contribution >= 0.6 is 0 Å². The molecule has 5 heteroatoms. The summed E-state index contributed by atoms with van der Waals surface area (Å²) in [7, 11) is 0. The molecule has 0 saturated heterocycles. The maximum atomic E-state index is 14.4. The number of nitrogens with zero attached hydrogens (tertiary/aromatic N) is 1. The number of aromatic nitrogens is 1. The van der Waals surface area contributed by atoms with Gasteiger partial charge in [0.1, 0.15) is 5.69 Å². The summed E-state index contributed by atoms with van der Waals surface area (Å²) in [6.07, 6.45) is 1.59. The summed E-state index contributed by atoms with van der Waals surface area (Å²) < 4.78 is 14.4. The van der Waals surface area contributed by atoms with Crippen molar-refractivity contribution in [2.75, 3.05) is 13.2 Å². The number of nitrogens with one attached hydrogen (secondary N) is 1. The number of Topliss-reactive ketones (excluding diaryl/α,β-unsaturated/α-hetero) is 1. The standard InChI is InChI=1S/C23H23FN2O2/c1-16-19(8-5-9-20(16)18-6-3-2-4-7-18)13-22(28)23-21(24)12-17(15-26-23)14-25-10-11-27/h2-9,12,15,25,27H,10-11,13-14H2,1H3. The van der Waals surface area contributed by atoms with Crippen molar-refractivity contribution < 1.29 is 14.3 Å². The highest BCUT2D eigenvalue weighted by Crippen LogP contribution is 2.26. The van der Waals surface area contributed by atoms with Gasteiger partial charge in [-0.15, -0.1) is 0 Å². The van der Waals surface area contributed by atoms with Crippen LogP contribution in [0.1, 0.15) is 27.2 Å². The number of aliphatic hydroxyl groups excluding tert-OH is 1. The predicted octanol–water partition coefficient (Wildman–Crippen LogP) is 3.70. The number of carbonyl (C=O) groups excluding carboxylic acids is 1. The Labute approximate surface area is 164 Å². The van der Waals surface area contributed by atoms with Crippen LogP contribution in [0.5, 0.6) is 0 Å². The summed E-state index contributed by atoms with van der Waals surface area (Å²) in [6, 6.07) is 17.1. The first kappa shape index (κ1) is 19.9. The Morgan fingerprint density at radius 1 is 1.14 bits per heavy atom. The third kappa shape index (κ3) is 4.68. The fourth-order valence-electron chi connectivity index (χ4n) is 3.15. The number of carbonyl (C=O) groups is 1. The van der Waals surface area contributed by atoms with E-state index in [1.807, 2.05) is 55.5 Å². The van der Waals surface area contributed by atoms with Crippen LogP contribution in [0.25, 0.3) is 11.1 Å². The van der Waals surface area contributed by atoms with Crippen molar-refractivity contribution in [1.29, 1.82) is 0 Å². The van der Waals surface area contributed by atoms with E-state index in [-0.39, 0.29) is 24.5 Å². The van der Waals surface area contributed by atoms with Gasteiger partial charge in [0.05, 0.1) is 6.61 Å². The van der Waals surface area contributed by atoms with E-state index in [1.165, 1.54) is 12.3 Å². The van der Waals surface area contributed by atoms with Crippen molar-refractivity contribution in [3.63, 3.8) is 0 Å². The van der Waals surface area contributed by atoms with Gasteiger partial charge in [0.2, 0.25) is 0 Å². The highest BCUT2D eigenvalue weighted by atomic mass is 19.1. The summed E-state index contributed by atoms with van der Waals surface area (Å²) in [6.45, 7) is 2.79. The van der Waals surface area contributed by atoms with Gasteiger partial charge in [-0.3, -0.25) is 4.79 Å². The lowest BCUT2D eigenvalue weighted by Crippen LogP contribution is -2.18. The lowest BCUT2D eigenvalue weighted by atomic mass is 9.93. The molecule has 28 heavy (non-hydrogen) atoms. The molecular weight excluding hydrogens is 355 g/mol. The highest BCUT2D eigenvalue weighted by Gasteiger charge is 2.17. The minimum atomic E-state index is -0.620. The van der Waals surface area contributed by atoms with Crippen molar-refractivity contribution in [2.45, 2.75) is 19.9 Å². The second-order valence-corrected chi connectivity index (χ2v) is 6.63. The number of halogens is 1. The molecule has 0 saturated carbocycles. The van der Waals surface area contributed by atoms with E-state index in [0.29, 0.717) is 18.7 Å². The average Bonchev–Trinajstić information content (AvgIpc) is 2.70. The number of rotatable bonds is 8. The maximum Gasteiger partial charge on any atom is 0.188 e. The lowest BCUT2D eigenvalue weighted by molar-refractivity contribution is 0.0983. The molecule has 2 aromatic carbocycles. The molecule has 4 nitrogen and oxygen atoms in total. The first-order valence-electron chi connectivity index (χ1n) is 9.23. The number of hydrogen-bond donors (Lipinski definition) is 2. The van der Waals surface area contributed by atoms with Crippen LogP contribution in [0.3, 0.4) is 0 Å². The number of ketones is 1. The normalized spacial score (nSPS) is 10.8. The van der Waals surface area contributed by atoms with Crippen LogP contribution in [0.4, 0.5) is 4.39 Å². The largest absolute Gasteiger partial charge is 0.395 e. The van der Waals surface area contributed by atoms with Gasteiger partial charge in [-0.1, -0.05) is 48.5 Å². The van der Waals surface area contributed by atoms with Crippen LogP contribution in [-0.2, 0) is 13.0 Å². The van der Waals surface area contributed by atoms with Gasteiger partial charge in [-0.25, -0.2) is 9.37 Å². The molecule has 0 amide bonds. The molecular formula is C23H23FN2O2. The molecule has 1 heterocycles. The fourth-order valence-corrected chi connectivity index (χ4v) is 3.15. The van der Waals surface area contributed by atoms with Crippen LogP contribution in [0, 0.1) is 12.7 Å². The third-order valence-corrected chi connectivity index (χ3v) is 4.66. The minimum Gasteiger partial charge on any atom is -0.395 e. The van der Waals surface area contributed by atoms with Crippen LogP contribution < -0.4 is 5.32 Å². The molecule has 0 aliphatic rings. The summed E-state index contributed by atoms with van der Waals surface area (Å²) in [5, 5.41) is 11.7. The van der Waals surface area contributed by atoms with Gasteiger partial charge in [-0.2, -0.15) is 0 Å². The Kier molecular flexibility index (Phi) is 6.63. The van der Waals surface area contributed by atoms with Crippen LogP contribution in [0.2, 0.25) is 0 Å². The van der Waals surface area contributed by atoms with E-state index in [2.05, 4.69) is 10.3 Å². The van der Waals surface area contributed by atoms with Gasteiger partial charge < -0.3 is 10.4 Å². The molecule has 0 aliphatic carbocycles. The molecule has 1 aromatic heterocycles. The predicted molar refractivity (Wildman–Crippen MR) is 108 cm³/mol. The Bertz CT molecular complexity index is 958. The molecule has 3 rings (SSSR count). The Morgan fingerprint density at radius 2 is 1.93 bits per heavy atom. The first-order chi connectivity index (χ1) is 13.6. The molecule has 2 N–H and O–H groups in total. The van der Waals surface area contributed by atoms with E-state index in [1.54, 1.807) is 0 Å². The van der Waals surface area contributed by atoms with Gasteiger partial charge >= 0.3 is 0 Å². The highest BCUT2D eigenvalue weighted by molar-refractivity contribution is 5.96. The van der Waals surface area contributed by atoms with Gasteiger partial charge in [0.25, 0.3) is 0 Å². The van der Waals surface area contributed by atoms with Gasteiger partial charge in [0, 0.05) is 25.7 Å². The number of pyridine rings is 1. The zero-order valence-corrected chi connectivity index (χ0v) is 15.8. The molecule has 0 atom stereocenters. The molecule has 0 radical (unpaired) electrons. The van der Waals surface area contributed by atoms with Crippen molar-refractivity contribution in [1.82, 2.24) is 10.3 Å². The second-order valence-electron chi connectivity index (χ2n) is 6.63. The molecule has 144 valence electrons. The SMILES string of the molecule is Cc1c(CC(=O)c2ncc(CNCCO)cc2F)cccc1-c1ccccc1. The quantitative estimate of drug-likeness (QED) is 0.463. The van der Waals surface area contributed by atoms with E-state index in [0.717, 1.165) is 22.3 Å². The zero-order chi connectivity index (χ0) is 19.9. The third-order valence-electron chi connectivity index (χ3n) is 4.66. The Balaban J connectivity index is 1.78. The van der Waals surface area contributed by atoms with Crippen LogP contribution in [-0.4, -0.2) is 29.0 Å². The number of aliphatic hydroxyl groups is 1. The molecule has 0 unspecified atom stereocenters. The van der Waals surface area contributed by atoms with Crippen molar-refractivity contribution >= 4 is 5.78 Å². The minimum absolute atomic E-state index is 0.00781. The van der Waals surface area contributed by atoms with E-state index >= 15 is 0 Å². The van der Waals surface area contributed by atoms with E-state index < -0.39 is 5.82 Å². The van der Waals surface area contributed by atoms with E-state index in [9.17, 15) is 9.18 Å². The van der Waals surface area contributed by atoms with Crippen molar-refractivity contribution in [2.24, 2.45) is 0 Å². The van der Waals surface area contributed by atoms with E-state index in [4.69, 9.17) is 5.11 Å². The van der Waals surface area contributed by atoms with Crippen LogP contribution in [0.15, 0.2) is 60.8 Å². The number of hydrogen-bond acceptors (Lipinski definition) is 4. The van der Waals surface area contributed by atoms with Gasteiger partial charge in [-0.05, 0) is 40.8 Å². The lowest BCUT2D eigenvalue weighted by Gasteiger charge is -2.12. The fraction of sp³-hybridized carbons (Fsp3) is 0.217. The Hall–Kier alpha value is -2.89. The summed E-state index contributed by atoms with van der Waals surface area (Å²) in [4.78, 5) is 16.7. The maximum absolute atomic E-state index is 14.4. The zero-order valence-electron chi connectivity index (χ0n) is 15.8. The smallest absolute Gasteiger partial charge is 0.188 e. The second kappa shape index (κ2) is 9.35. The molecule has 0 aliphatic heterocycles. The molecule has 0 fully saturated rings. The number of benzene rings is 2. The van der Waals surface area contributed by atoms with Gasteiger partial charge in [0.15, 0.2) is 11.6 Å². The average molecular weight is 378 g/mol.